The molecule has 4 N–H and O–H groups in total. The molecule has 5 heteroatoms. The van der Waals surface area contributed by atoms with E-state index in [1.54, 1.807) is 6.07 Å². The summed E-state index contributed by atoms with van der Waals surface area (Å²) in [5.41, 5.74) is 6.82. The number of phenolic OH excluding ortho intramolecular Hbond substituents is 1. The standard InChI is InChI=1S/C10H13BrN2O2/c11-6-1-2-7(12)10(14)9(6)8-5-15-4-3-13-8/h1-2,8,13-14H,3-5,12H2/t8-/m0/s1. The zero-order valence-corrected chi connectivity index (χ0v) is 9.75. The Labute approximate surface area is 96.6 Å². The lowest BCUT2D eigenvalue weighted by atomic mass is 10.0. The van der Waals surface area contributed by atoms with Gasteiger partial charge in [0.2, 0.25) is 0 Å². The molecule has 0 amide bonds. The first kappa shape index (κ1) is 10.7. The van der Waals surface area contributed by atoms with Crippen molar-refractivity contribution in [2.45, 2.75) is 6.04 Å². The third-order valence-corrected chi connectivity index (χ3v) is 3.16. The number of nitrogens with one attached hydrogen (secondary N) is 1. The first-order valence-electron chi connectivity index (χ1n) is 4.78. The Balaban J connectivity index is 2.36. The number of aromatic hydroxyl groups is 1. The number of anilines is 1. The van der Waals surface area contributed by atoms with Gasteiger partial charge in [-0.25, -0.2) is 0 Å². The number of benzene rings is 1. The number of rotatable bonds is 1. The molecule has 0 radical (unpaired) electrons. The largest absolute Gasteiger partial charge is 0.505 e. The van der Waals surface area contributed by atoms with Crippen LogP contribution in [-0.2, 0) is 4.74 Å². The Morgan fingerprint density at radius 1 is 1.53 bits per heavy atom. The predicted octanol–water partition coefficient (Wildman–Crippen LogP) is 1.40. The third kappa shape index (κ3) is 2.09. The number of hydrogen-bond acceptors (Lipinski definition) is 4. The normalized spacial score (nSPS) is 21.5. The monoisotopic (exact) mass is 272 g/mol. The Bertz CT molecular complexity index is 365. The molecule has 4 nitrogen and oxygen atoms in total. The maximum absolute atomic E-state index is 9.88. The van der Waals surface area contributed by atoms with E-state index in [4.69, 9.17) is 10.5 Å². The number of nitrogens with two attached hydrogens (primary N) is 1. The van der Waals surface area contributed by atoms with Gasteiger partial charge in [0.15, 0.2) is 0 Å². The van der Waals surface area contributed by atoms with Gasteiger partial charge in [0.1, 0.15) is 5.75 Å². The molecule has 1 aromatic rings. The highest BCUT2D eigenvalue weighted by Crippen LogP contribution is 2.36. The van der Waals surface area contributed by atoms with Gasteiger partial charge in [-0.2, -0.15) is 0 Å². The fourth-order valence-corrected chi connectivity index (χ4v) is 2.28. The fourth-order valence-electron chi connectivity index (χ4n) is 1.68. The molecule has 1 atom stereocenters. The molecule has 0 saturated carbocycles. The molecule has 15 heavy (non-hydrogen) atoms. The van der Waals surface area contributed by atoms with Gasteiger partial charge in [0, 0.05) is 16.6 Å². The molecule has 1 aliphatic rings. The average Bonchev–Trinajstić information content (AvgIpc) is 2.26. The molecule has 0 spiro atoms. The lowest BCUT2D eigenvalue weighted by molar-refractivity contribution is 0.0759. The van der Waals surface area contributed by atoms with E-state index in [1.807, 2.05) is 6.07 Å². The number of nitrogen functional groups attached to an aromatic ring is 1. The van der Waals surface area contributed by atoms with Crippen LogP contribution in [0.3, 0.4) is 0 Å². The van der Waals surface area contributed by atoms with Crippen molar-refractivity contribution < 1.29 is 9.84 Å². The van der Waals surface area contributed by atoms with E-state index in [9.17, 15) is 5.11 Å². The van der Waals surface area contributed by atoms with Gasteiger partial charge in [-0.3, -0.25) is 0 Å². The Kier molecular flexibility index (Phi) is 3.14. The Morgan fingerprint density at radius 3 is 3.00 bits per heavy atom. The zero-order chi connectivity index (χ0) is 10.8. The summed E-state index contributed by atoms with van der Waals surface area (Å²) < 4.78 is 6.20. The first-order valence-corrected chi connectivity index (χ1v) is 5.57. The van der Waals surface area contributed by atoms with E-state index in [2.05, 4.69) is 21.2 Å². The molecule has 0 aromatic heterocycles. The van der Waals surface area contributed by atoms with Gasteiger partial charge in [0.25, 0.3) is 0 Å². The van der Waals surface area contributed by atoms with Crippen molar-refractivity contribution in [3.8, 4) is 5.75 Å². The van der Waals surface area contributed by atoms with Crippen molar-refractivity contribution >= 4 is 21.6 Å². The highest BCUT2D eigenvalue weighted by atomic mass is 79.9. The topological polar surface area (TPSA) is 67.5 Å². The fraction of sp³-hybridized carbons (Fsp3) is 0.400. The average molecular weight is 273 g/mol. The van der Waals surface area contributed by atoms with Crippen LogP contribution in [0.2, 0.25) is 0 Å². The van der Waals surface area contributed by atoms with Crippen LogP contribution in [0.5, 0.6) is 5.75 Å². The smallest absolute Gasteiger partial charge is 0.144 e. The summed E-state index contributed by atoms with van der Waals surface area (Å²) in [5, 5.41) is 13.2. The predicted molar refractivity (Wildman–Crippen MR) is 61.8 cm³/mol. The molecule has 0 unspecified atom stereocenters. The van der Waals surface area contributed by atoms with Crippen molar-refractivity contribution in [3.63, 3.8) is 0 Å². The number of ether oxygens (including phenoxy) is 1. The van der Waals surface area contributed by atoms with Crippen LogP contribution < -0.4 is 11.1 Å². The summed E-state index contributed by atoms with van der Waals surface area (Å²) in [5.74, 6) is 0.132. The quantitative estimate of drug-likeness (QED) is 0.534. The molecule has 1 fully saturated rings. The maximum Gasteiger partial charge on any atom is 0.144 e. The van der Waals surface area contributed by atoms with Gasteiger partial charge in [-0.05, 0) is 12.1 Å². The summed E-state index contributed by atoms with van der Waals surface area (Å²) in [6.45, 7) is 2.04. The molecule has 1 saturated heterocycles. The molecular weight excluding hydrogens is 260 g/mol. The zero-order valence-electron chi connectivity index (χ0n) is 8.16. The minimum absolute atomic E-state index is 0.00313. The molecule has 2 rings (SSSR count). The second-order valence-corrected chi connectivity index (χ2v) is 4.33. The SMILES string of the molecule is Nc1ccc(Br)c([C@@H]2COCCN2)c1O. The van der Waals surface area contributed by atoms with E-state index in [0.717, 1.165) is 16.6 Å². The van der Waals surface area contributed by atoms with Crippen molar-refractivity contribution in [2.24, 2.45) is 0 Å². The lowest BCUT2D eigenvalue weighted by Crippen LogP contribution is -2.34. The maximum atomic E-state index is 9.88. The summed E-state index contributed by atoms with van der Waals surface area (Å²) in [6, 6.07) is 3.50. The van der Waals surface area contributed by atoms with Gasteiger partial charge in [0.05, 0.1) is 24.9 Å². The first-order chi connectivity index (χ1) is 7.20. The van der Waals surface area contributed by atoms with Crippen molar-refractivity contribution in [2.75, 3.05) is 25.5 Å². The van der Waals surface area contributed by atoms with E-state index in [0.29, 0.717) is 18.9 Å². The van der Waals surface area contributed by atoms with Gasteiger partial charge in [-0.1, -0.05) is 15.9 Å². The third-order valence-electron chi connectivity index (χ3n) is 2.47. The van der Waals surface area contributed by atoms with E-state index < -0.39 is 0 Å². The van der Waals surface area contributed by atoms with Crippen LogP contribution in [0.15, 0.2) is 16.6 Å². The van der Waals surface area contributed by atoms with Gasteiger partial charge < -0.3 is 20.9 Å². The molecular formula is C10H13BrN2O2. The summed E-state index contributed by atoms with van der Waals surface area (Å²) >= 11 is 3.41. The van der Waals surface area contributed by atoms with Gasteiger partial charge >= 0.3 is 0 Å². The molecule has 82 valence electrons. The molecule has 0 bridgehead atoms. The minimum atomic E-state index is -0.00313. The number of halogens is 1. The van der Waals surface area contributed by atoms with Gasteiger partial charge in [-0.15, -0.1) is 0 Å². The van der Waals surface area contributed by atoms with Crippen LogP contribution in [0.4, 0.5) is 5.69 Å². The van der Waals surface area contributed by atoms with Crippen molar-refractivity contribution in [1.29, 1.82) is 0 Å². The number of phenols is 1. The van der Waals surface area contributed by atoms with Crippen LogP contribution in [-0.4, -0.2) is 24.9 Å². The Morgan fingerprint density at radius 2 is 2.33 bits per heavy atom. The Hall–Kier alpha value is -0.780. The van der Waals surface area contributed by atoms with Crippen LogP contribution in [0.25, 0.3) is 0 Å². The summed E-state index contributed by atoms with van der Waals surface area (Å²) in [4.78, 5) is 0. The number of morpholine rings is 1. The number of hydrogen-bond donors (Lipinski definition) is 3. The minimum Gasteiger partial charge on any atom is -0.505 e. The summed E-state index contributed by atoms with van der Waals surface area (Å²) in [7, 11) is 0. The highest BCUT2D eigenvalue weighted by Gasteiger charge is 2.22. The van der Waals surface area contributed by atoms with Crippen molar-refractivity contribution in [1.82, 2.24) is 5.32 Å². The van der Waals surface area contributed by atoms with E-state index in [1.165, 1.54) is 0 Å². The summed E-state index contributed by atoms with van der Waals surface area (Å²) in [6.07, 6.45) is 0. The van der Waals surface area contributed by atoms with E-state index >= 15 is 0 Å². The van der Waals surface area contributed by atoms with Crippen LogP contribution in [0.1, 0.15) is 11.6 Å². The van der Waals surface area contributed by atoms with Crippen LogP contribution >= 0.6 is 15.9 Å². The molecule has 1 heterocycles. The van der Waals surface area contributed by atoms with Crippen LogP contribution in [0, 0.1) is 0 Å². The molecule has 1 aliphatic heterocycles. The van der Waals surface area contributed by atoms with E-state index in [-0.39, 0.29) is 11.8 Å². The highest BCUT2D eigenvalue weighted by molar-refractivity contribution is 9.10. The second-order valence-electron chi connectivity index (χ2n) is 3.48. The second kappa shape index (κ2) is 4.38. The molecule has 0 aliphatic carbocycles. The van der Waals surface area contributed by atoms with Crippen molar-refractivity contribution in [3.05, 3.63) is 22.2 Å². The lowest BCUT2D eigenvalue weighted by Gasteiger charge is -2.26. The molecule has 1 aromatic carbocycles.